The molecule has 38 heavy (non-hydrogen) atoms. The number of oxime groups is 1. The van der Waals surface area contributed by atoms with Crippen LogP contribution in [0.4, 0.5) is 23.7 Å². The zero-order valence-corrected chi connectivity index (χ0v) is 20.8. The lowest BCUT2D eigenvalue weighted by atomic mass is 9.94. The summed E-state index contributed by atoms with van der Waals surface area (Å²) in [5.74, 6) is 0.614. The fraction of sp³-hybridized carbons (Fsp3) is 0.423. The number of benzene rings is 1. The average Bonchev–Trinajstić information content (AvgIpc) is 3.32. The molecule has 9 nitrogen and oxygen atoms in total. The van der Waals surface area contributed by atoms with Crippen LogP contribution in [0.2, 0.25) is 0 Å². The molecule has 3 aromatic rings. The number of aliphatic hydroxyl groups excluding tert-OH is 1. The maximum absolute atomic E-state index is 12.3. The second-order valence-corrected chi connectivity index (χ2v) is 9.20. The molecule has 0 aliphatic carbocycles. The number of hydrogen-bond donors (Lipinski definition) is 3. The first-order valence-corrected chi connectivity index (χ1v) is 12.5. The Bertz CT molecular complexity index is 1240. The number of anilines is 1. The van der Waals surface area contributed by atoms with E-state index in [4.69, 9.17) is 9.94 Å². The number of amides is 2. The number of alkyl halides is 3. The lowest BCUT2D eigenvalue weighted by Gasteiger charge is -2.31. The van der Waals surface area contributed by atoms with Gasteiger partial charge in [-0.1, -0.05) is 17.3 Å². The van der Waals surface area contributed by atoms with Crippen molar-refractivity contribution in [3.05, 3.63) is 54.4 Å². The summed E-state index contributed by atoms with van der Waals surface area (Å²) < 4.78 is 38.8. The zero-order valence-electron chi connectivity index (χ0n) is 20.8. The molecule has 0 radical (unpaired) electrons. The Hall–Kier alpha value is -3.64. The van der Waals surface area contributed by atoms with Gasteiger partial charge in [0.15, 0.2) is 0 Å². The van der Waals surface area contributed by atoms with Gasteiger partial charge in [0.2, 0.25) is 0 Å². The van der Waals surface area contributed by atoms with E-state index in [1.165, 1.54) is 0 Å². The van der Waals surface area contributed by atoms with Crippen LogP contribution in [0.5, 0.6) is 0 Å². The minimum absolute atomic E-state index is 0.204. The summed E-state index contributed by atoms with van der Waals surface area (Å²) in [4.78, 5) is 24.0. The number of carbonyl (C=O) groups excluding carboxylic acids is 1. The van der Waals surface area contributed by atoms with Gasteiger partial charge in [-0.25, -0.2) is 9.78 Å². The normalized spacial score (nSPS) is 15.3. The van der Waals surface area contributed by atoms with E-state index in [2.05, 4.69) is 20.4 Å². The van der Waals surface area contributed by atoms with Crippen molar-refractivity contribution in [2.45, 2.75) is 25.4 Å². The van der Waals surface area contributed by atoms with Gasteiger partial charge in [-0.3, -0.25) is 4.40 Å². The smallest absolute Gasteiger partial charge is 0.396 e. The molecule has 0 saturated carbocycles. The number of aliphatic hydroxyl groups is 1. The Kier molecular flexibility index (Phi) is 9.19. The highest BCUT2D eigenvalue weighted by Gasteiger charge is 2.27. The molecule has 2 aromatic heterocycles. The van der Waals surface area contributed by atoms with Crippen LogP contribution in [0, 0.1) is 5.92 Å². The number of carbonyl (C=O) groups is 1. The van der Waals surface area contributed by atoms with Gasteiger partial charge in [0, 0.05) is 29.6 Å². The molecule has 0 unspecified atom stereocenters. The lowest BCUT2D eigenvalue weighted by molar-refractivity contribution is -0.122. The van der Waals surface area contributed by atoms with Crippen LogP contribution in [-0.2, 0) is 4.84 Å². The Morgan fingerprint density at radius 3 is 2.82 bits per heavy atom. The first-order valence-electron chi connectivity index (χ1n) is 12.5. The third-order valence-electron chi connectivity index (χ3n) is 6.42. The minimum Gasteiger partial charge on any atom is -0.396 e. The first-order chi connectivity index (χ1) is 18.3. The van der Waals surface area contributed by atoms with E-state index in [9.17, 15) is 18.0 Å². The topological polar surface area (TPSA) is 103 Å². The number of fused-ring (bicyclic) bond motifs is 1. The van der Waals surface area contributed by atoms with Crippen LogP contribution >= 0.6 is 0 Å². The number of piperidine rings is 1. The van der Waals surface area contributed by atoms with E-state index in [-0.39, 0.29) is 6.61 Å². The zero-order chi connectivity index (χ0) is 27.0. The molecule has 0 bridgehead atoms. The summed E-state index contributed by atoms with van der Waals surface area (Å²) in [6.07, 6.45) is 3.85. The highest BCUT2D eigenvalue weighted by molar-refractivity contribution is 5.90. The molecule has 1 fully saturated rings. The third kappa shape index (κ3) is 7.93. The Morgan fingerprint density at radius 2 is 2.05 bits per heavy atom. The molecule has 1 aromatic carbocycles. The van der Waals surface area contributed by atoms with E-state index in [1.807, 2.05) is 28.8 Å². The molecule has 0 spiro atoms. The van der Waals surface area contributed by atoms with Crippen molar-refractivity contribution in [3.63, 3.8) is 0 Å². The number of urea groups is 1. The molecule has 204 valence electrons. The predicted molar refractivity (Wildman–Crippen MR) is 138 cm³/mol. The van der Waals surface area contributed by atoms with E-state index < -0.39 is 18.8 Å². The number of imidazole rings is 1. The molecule has 1 aliphatic heterocycles. The van der Waals surface area contributed by atoms with Crippen molar-refractivity contribution in [3.8, 4) is 11.3 Å². The summed E-state index contributed by atoms with van der Waals surface area (Å²) >= 11 is 0. The Morgan fingerprint density at radius 1 is 1.24 bits per heavy atom. The highest BCUT2D eigenvalue weighted by Crippen LogP contribution is 2.24. The van der Waals surface area contributed by atoms with E-state index in [0.29, 0.717) is 23.9 Å². The standard InChI is InChI=1S/C26H31F3N6O3/c27-26(28,29)18-31-25(37)33-22-3-1-2-21(15-22)23-17-30-24-14-20(6-10-35(23)24)16-32-38-13-7-19-4-8-34(9-5-19)11-12-36/h1-3,6,10,14-17,19,36H,4-5,7-9,11-13,18H2,(H2,31,33,37)/b32-16+. The third-order valence-corrected chi connectivity index (χ3v) is 6.42. The van der Waals surface area contributed by atoms with Gasteiger partial charge in [0.1, 0.15) is 18.8 Å². The number of pyridine rings is 1. The number of β-amino-alcohol motifs (C(OH)–C–C–N with tert-alkyl or cyclic N) is 1. The van der Waals surface area contributed by atoms with Gasteiger partial charge in [-0.05, 0) is 62.5 Å². The van der Waals surface area contributed by atoms with Crippen molar-refractivity contribution in [2.75, 3.05) is 44.7 Å². The van der Waals surface area contributed by atoms with E-state index in [1.54, 1.807) is 35.9 Å². The number of rotatable bonds is 10. The van der Waals surface area contributed by atoms with E-state index >= 15 is 0 Å². The van der Waals surface area contributed by atoms with Gasteiger partial charge in [-0.15, -0.1) is 0 Å². The Balaban J connectivity index is 1.30. The van der Waals surface area contributed by atoms with Crippen molar-refractivity contribution < 1.29 is 27.9 Å². The number of nitrogens with one attached hydrogen (secondary N) is 2. The van der Waals surface area contributed by atoms with Crippen molar-refractivity contribution in [1.82, 2.24) is 19.6 Å². The second kappa shape index (κ2) is 12.7. The number of hydrogen-bond acceptors (Lipinski definition) is 6. The molecule has 2 amide bonds. The number of halogens is 3. The summed E-state index contributed by atoms with van der Waals surface area (Å²) in [6, 6.07) is 9.57. The van der Waals surface area contributed by atoms with Crippen LogP contribution in [0.1, 0.15) is 24.8 Å². The fourth-order valence-corrected chi connectivity index (χ4v) is 4.41. The monoisotopic (exact) mass is 532 g/mol. The van der Waals surface area contributed by atoms with Crippen molar-refractivity contribution in [1.29, 1.82) is 0 Å². The first kappa shape index (κ1) is 27.4. The average molecular weight is 533 g/mol. The van der Waals surface area contributed by atoms with Crippen LogP contribution < -0.4 is 10.6 Å². The largest absolute Gasteiger partial charge is 0.405 e. The number of nitrogens with zero attached hydrogens (tertiary/aromatic N) is 4. The van der Waals surface area contributed by atoms with Crippen LogP contribution in [0.15, 0.2) is 53.9 Å². The number of aromatic nitrogens is 2. The van der Waals surface area contributed by atoms with Crippen molar-refractivity contribution >= 4 is 23.6 Å². The quantitative estimate of drug-likeness (QED) is 0.207. The molecule has 3 heterocycles. The molecule has 12 heteroatoms. The van der Waals surface area contributed by atoms with Gasteiger partial charge in [-0.2, -0.15) is 13.2 Å². The molecular weight excluding hydrogens is 501 g/mol. The van der Waals surface area contributed by atoms with Gasteiger partial charge >= 0.3 is 12.2 Å². The van der Waals surface area contributed by atoms with Crippen LogP contribution in [0.25, 0.3) is 16.9 Å². The minimum atomic E-state index is -4.48. The van der Waals surface area contributed by atoms with Gasteiger partial charge in [0.25, 0.3) is 0 Å². The predicted octanol–water partition coefficient (Wildman–Crippen LogP) is 4.13. The summed E-state index contributed by atoms with van der Waals surface area (Å²) in [5.41, 5.74) is 3.35. The maximum Gasteiger partial charge on any atom is 0.405 e. The molecule has 0 atom stereocenters. The molecule has 1 aliphatic rings. The van der Waals surface area contributed by atoms with Crippen LogP contribution in [0.3, 0.4) is 0 Å². The summed E-state index contributed by atoms with van der Waals surface area (Å²) in [5, 5.41) is 17.3. The second-order valence-electron chi connectivity index (χ2n) is 9.20. The fourth-order valence-electron chi connectivity index (χ4n) is 4.41. The lowest BCUT2D eigenvalue weighted by Crippen LogP contribution is -2.36. The highest BCUT2D eigenvalue weighted by atomic mass is 19.4. The van der Waals surface area contributed by atoms with Crippen molar-refractivity contribution in [2.24, 2.45) is 11.1 Å². The molecular formula is C26H31F3N6O3. The molecule has 4 rings (SSSR count). The molecule has 3 N–H and O–H groups in total. The van der Waals surface area contributed by atoms with Gasteiger partial charge < -0.3 is 25.5 Å². The molecule has 1 saturated heterocycles. The summed E-state index contributed by atoms with van der Waals surface area (Å²) in [7, 11) is 0. The Labute approximate surface area is 218 Å². The van der Waals surface area contributed by atoms with E-state index in [0.717, 1.165) is 55.7 Å². The maximum atomic E-state index is 12.3. The SMILES string of the molecule is O=C(NCC(F)(F)F)Nc1cccc(-c2cnc3cc(/C=N/OCCC4CCN(CCO)CC4)ccn23)c1. The summed E-state index contributed by atoms with van der Waals surface area (Å²) in [6.45, 7) is 2.12. The van der Waals surface area contributed by atoms with Gasteiger partial charge in [0.05, 0.1) is 24.7 Å². The number of likely N-dealkylation sites (tertiary alicyclic amines) is 1. The van der Waals surface area contributed by atoms with Crippen LogP contribution in [-0.4, -0.2) is 77.2 Å².